The molecule has 2 aromatic rings. The summed E-state index contributed by atoms with van der Waals surface area (Å²) in [5, 5.41) is 3.20. The number of nitrogens with zero attached hydrogens (tertiary/aromatic N) is 2. The van der Waals surface area contributed by atoms with Crippen molar-refractivity contribution in [2.45, 2.75) is 20.8 Å². The summed E-state index contributed by atoms with van der Waals surface area (Å²) in [6.45, 7) is 8.10. The number of ether oxygens (including phenoxy) is 1. The molecule has 3 rings (SSSR count). The van der Waals surface area contributed by atoms with Gasteiger partial charge in [0, 0.05) is 37.3 Å². The third-order valence-corrected chi connectivity index (χ3v) is 5.28. The van der Waals surface area contributed by atoms with Crippen LogP contribution in [0.5, 0.6) is 5.75 Å². The second-order valence-electron chi connectivity index (χ2n) is 8.46. The number of nitrogens with one attached hydrogen (secondary N) is 1. The number of hydrogen-bond donors (Lipinski definition) is 1. The molecule has 0 radical (unpaired) electrons. The maximum Gasteiger partial charge on any atom is 0.262 e. The summed E-state index contributed by atoms with van der Waals surface area (Å²) >= 11 is 6.46. The zero-order chi connectivity index (χ0) is 22.6. The predicted molar refractivity (Wildman–Crippen MR) is 120 cm³/mol. The molecule has 6 nitrogen and oxygen atoms in total. The first-order chi connectivity index (χ1) is 14.6. The first-order valence-electron chi connectivity index (χ1n) is 10.2. The minimum absolute atomic E-state index is 0.0233. The highest BCUT2D eigenvalue weighted by Gasteiger charge is 2.30. The molecule has 1 aliphatic rings. The molecule has 1 heterocycles. The van der Waals surface area contributed by atoms with E-state index in [2.05, 4.69) is 10.2 Å². The van der Waals surface area contributed by atoms with Crippen molar-refractivity contribution in [1.29, 1.82) is 0 Å². The quantitative estimate of drug-likeness (QED) is 0.746. The number of piperazine rings is 1. The maximum atomic E-state index is 13.6. The van der Waals surface area contributed by atoms with Crippen molar-refractivity contribution < 1.29 is 18.7 Å². The molecule has 166 valence electrons. The molecule has 0 spiro atoms. The largest absolute Gasteiger partial charge is 0.481 e. The summed E-state index contributed by atoms with van der Waals surface area (Å²) in [6.07, 6.45) is 0. The zero-order valence-electron chi connectivity index (χ0n) is 18.0. The number of rotatable bonds is 5. The third-order valence-electron chi connectivity index (χ3n) is 4.98. The summed E-state index contributed by atoms with van der Waals surface area (Å²) in [5.74, 6) is -0.766. The molecule has 2 aromatic carbocycles. The molecule has 0 atom stereocenters. The van der Waals surface area contributed by atoms with E-state index in [1.54, 1.807) is 24.3 Å². The minimum Gasteiger partial charge on any atom is -0.481 e. The Morgan fingerprint density at radius 2 is 1.77 bits per heavy atom. The van der Waals surface area contributed by atoms with E-state index in [-0.39, 0.29) is 18.3 Å². The molecular formula is C23H27ClFN3O3. The van der Waals surface area contributed by atoms with Crippen LogP contribution in [-0.2, 0) is 9.59 Å². The number of carbonyl (C=O) groups is 2. The van der Waals surface area contributed by atoms with Crippen LogP contribution in [0.25, 0.3) is 0 Å². The van der Waals surface area contributed by atoms with Crippen molar-refractivity contribution in [2.24, 2.45) is 5.41 Å². The molecular weight excluding hydrogens is 421 g/mol. The lowest BCUT2D eigenvalue weighted by Crippen LogP contribution is -2.51. The van der Waals surface area contributed by atoms with E-state index in [9.17, 15) is 14.0 Å². The van der Waals surface area contributed by atoms with Crippen molar-refractivity contribution in [2.75, 3.05) is 43.0 Å². The van der Waals surface area contributed by atoms with Gasteiger partial charge in [0.15, 0.2) is 18.2 Å². The Kier molecular flexibility index (Phi) is 7.05. The van der Waals surface area contributed by atoms with Crippen LogP contribution in [0, 0.1) is 11.2 Å². The van der Waals surface area contributed by atoms with Crippen molar-refractivity contribution in [3.8, 4) is 5.75 Å². The van der Waals surface area contributed by atoms with Gasteiger partial charge in [-0.1, -0.05) is 44.5 Å². The summed E-state index contributed by atoms with van der Waals surface area (Å²) in [5.41, 5.74) is 0.984. The molecule has 0 bridgehead atoms. The van der Waals surface area contributed by atoms with Crippen LogP contribution in [0.3, 0.4) is 0 Å². The van der Waals surface area contributed by atoms with E-state index in [0.717, 1.165) is 5.69 Å². The standard InChI is InChI=1S/C23H27ClFN3O3/c1-23(2,3)22(30)28-12-10-27(11-13-28)19-9-8-16(14-17(19)24)26-21(29)15-31-20-7-5-4-6-18(20)25/h4-9,14H,10-13,15H2,1-3H3,(H,26,29). The first-order valence-corrected chi connectivity index (χ1v) is 10.5. The lowest BCUT2D eigenvalue weighted by atomic mass is 9.94. The highest BCUT2D eigenvalue weighted by molar-refractivity contribution is 6.33. The molecule has 0 unspecified atom stereocenters. The summed E-state index contributed by atoms with van der Waals surface area (Å²) in [7, 11) is 0. The average molecular weight is 448 g/mol. The van der Waals surface area contributed by atoms with E-state index in [1.165, 1.54) is 12.1 Å². The molecule has 8 heteroatoms. The fourth-order valence-electron chi connectivity index (χ4n) is 3.37. The third kappa shape index (κ3) is 5.88. The molecule has 1 saturated heterocycles. The van der Waals surface area contributed by atoms with Gasteiger partial charge in [0.2, 0.25) is 5.91 Å². The number of benzene rings is 2. The number of hydrogen-bond acceptors (Lipinski definition) is 4. The molecule has 2 amide bonds. The summed E-state index contributed by atoms with van der Waals surface area (Å²) < 4.78 is 18.8. The van der Waals surface area contributed by atoms with Crippen LogP contribution in [0.1, 0.15) is 20.8 Å². The number of amides is 2. The summed E-state index contributed by atoms with van der Waals surface area (Å²) in [4.78, 5) is 28.6. The van der Waals surface area contributed by atoms with Gasteiger partial charge in [0.25, 0.3) is 5.91 Å². The van der Waals surface area contributed by atoms with Gasteiger partial charge in [-0.2, -0.15) is 0 Å². The topological polar surface area (TPSA) is 61.9 Å². The maximum absolute atomic E-state index is 13.6. The van der Waals surface area contributed by atoms with E-state index >= 15 is 0 Å². The molecule has 1 aliphatic heterocycles. The van der Waals surface area contributed by atoms with Gasteiger partial charge in [0.05, 0.1) is 10.7 Å². The van der Waals surface area contributed by atoms with Crippen molar-refractivity contribution >= 4 is 34.8 Å². The van der Waals surface area contributed by atoms with Gasteiger partial charge in [-0.05, 0) is 30.3 Å². The van der Waals surface area contributed by atoms with E-state index in [4.69, 9.17) is 16.3 Å². The Morgan fingerprint density at radius 1 is 1.10 bits per heavy atom. The van der Waals surface area contributed by atoms with Crippen LogP contribution >= 0.6 is 11.6 Å². The van der Waals surface area contributed by atoms with Gasteiger partial charge in [-0.3, -0.25) is 9.59 Å². The van der Waals surface area contributed by atoms with Gasteiger partial charge in [-0.15, -0.1) is 0 Å². The Bertz CT molecular complexity index is 953. The van der Waals surface area contributed by atoms with Crippen LogP contribution in [-0.4, -0.2) is 49.5 Å². The predicted octanol–water partition coefficient (Wildman–Crippen LogP) is 4.19. The fraction of sp³-hybridized carbons (Fsp3) is 0.391. The van der Waals surface area contributed by atoms with Crippen molar-refractivity contribution in [1.82, 2.24) is 4.90 Å². The second-order valence-corrected chi connectivity index (χ2v) is 8.87. The lowest BCUT2D eigenvalue weighted by Gasteiger charge is -2.39. The molecule has 1 N–H and O–H groups in total. The fourth-order valence-corrected chi connectivity index (χ4v) is 3.67. The van der Waals surface area contributed by atoms with Gasteiger partial charge in [-0.25, -0.2) is 4.39 Å². The highest BCUT2D eigenvalue weighted by atomic mass is 35.5. The number of anilines is 2. The minimum atomic E-state index is -0.521. The van der Waals surface area contributed by atoms with E-state index < -0.39 is 17.1 Å². The monoisotopic (exact) mass is 447 g/mol. The Balaban J connectivity index is 1.55. The van der Waals surface area contributed by atoms with E-state index in [1.807, 2.05) is 31.7 Å². The molecule has 31 heavy (non-hydrogen) atoms. The smallest absolute Gasteiger partial charge is 0.262 e. The normalized spacial score (nSPS) is 14.4. The lowest BCUT2D eigenvalue weighted by molar-refractivity contribution is -0.139. The first kappa shape index (κ1) is 22.9. The number of halogens is 2. The number of carbonyl (C=O) groups excluding carboxylic acids is 2. The van der Waals surface area contributed by atoms with Crippen molar-refractivity contribution in [3.05, 3.63) is 53.3 Å². The summed E-state index contributed by atoms with van der Waals surface area (Å²) in [6, 6.07) is 11.2. The van der Waals surface area contributed by atoms with Crippen LogP contribution in [0.2, 0.25) is 5.02 Å². The van der Waals surface area contributed by atoms with Crippen LogP contribution in [0.15, 0.2) is 42.5 Å². The average Bonchev–Trinajstić information content (AvgIpc) is 2.72. The van der Waals surface area contributed by atoms with Crippen LogP contribution < -0.4 is 15.0 Å². The van der Waals surface area contributed by atoms with Gasteiger partial charge < -0.3 is 19.9 Å². The molecule has 0 aromatic heterocycles. The number of para-hydroxylation sites is 1. The highest BCUT2D eigenvalue weighted by Crippen LogP contribution is 2.30. The van der Waals surface area contributed by atoms with E-state index in [0.29, 0.717) is 36.9 Å². The second kappa shape index (κ2) is 9.56. The Labute approximate surface area is 186 Å². The zero-order valence-corrected chi connectivity index (χ0v) is 18.7. The van der Waals surface area contributed by atoms with Gasteiger partial charge in [0.1, 0.15) is 0 Å². The Hall–Kier alpha value is -2.80. The Morgan fingerprint density at radius 3 is 2.39 bits per heavy atom. The molecule has 0 saturated carbocycles. The van der Waals surface area contributed by atoms with Crippen LogP contribution in [0.4, 0.5) is 15.8 Å². The SMILES string of the molecule is CC(C)(C)C(=O)N1CCN(c2ccc(NC(=O)COc3ccccc3F)cc2Cl)CC1. The molecule has 0 aliphatic carbocycles. The van der Waals surface area contributed by atoms with Crippen molar-refractivity contribution in [3.63, 3.8) is 0 Å². The molecule has 1 fully saturated rings. The van der Waals surface area contributed by atoms with Gasteiger partial charge >= 0.3 is 0 Å².